The van der Waals surface area contributed by atoms with Crippen LogP contribution in [0.25, 0.3) is 10.9 Å². The number of carbonyl (C=O) groups excluding carboxylic acids is 3. The van der Waals surface area contributed by atoms with E-state index in [1.165, 1.54) is 0 Å². The van der Waals surface area contributed by atoms with Crippen molar-refractivity contribution >= 4 is 28.7 Å². The van der Waals surface area contributed by atoms with Crippen molar-refractivity contribution < 1.29 is 19.1 Å². The van der Waals surface area contributed by atoms with Crippen molar-refractivity contribution in [3.05, 3.63) is 71.4 Å². The summed E-state index contributed by atoms with van der Waals surface area (Å²) in [5.41, 5.74) is 2.88. The summed E-state index contributed by atoms with van der Waals surface area (Å²) in [5.74, 6) is -1.03. The first-order chi connectivity index (χ1) is 13.1. The molecule has 0 spiro atoms. The van der Waals surface area contributed by atoms with Gasteiger partial charge < -0.3 is 9.72 Å². The molecule has 1 aliphatic rings. The lowest BCUT2D eigenvalue weighted by Gasteiger charge is -2.13. The summed E-state index contributed by atoms with van der Waals surface area (Å²) < 4.78 is 5.21. The average Bonchev–Trinajstić information content (AvgIpc) is 3.21. The van der Waals surface area contributed by atoms with E-state index in [4.69, 9.17) is 4.74 Å². The molecule has 0 fully saturated rings. The predicted octanol–water partition coefficient (Wildman–Crippen LogP) is 2.94. The first-order valence-corrected chi connectivity index (χ1v) is 8.81. The Morgan fingerprint density at radius 1 is 0.963 bits per heavy atom. The van der Waals surface area contributed by atoms with Crippen LogP contribution in [0.15, 0.2) is 54.7 Å². The van der Waals surface area contributed by atoms with Crippen molar-refractivity contribution in [3.63, 3.8) is 0 Å². The molecular weight excluding hydrogens is 344 g/mol. The molecule has 0 unspecified atom stereocenters. The predicted molar refractivity (Wildman–Crippen MR) is 99.4 cm³/mol. The van der Waals surface area contributed by atoms with Gasteiger partial charge in [0.25, 0.3) is 11.8 Å². The average molecular weight is 362 g/mol. The van der Waals surface area contributed by atoms with Crippen LogP contribution in [0.2, 0.25) is 0 Å². The van der Waals surface area contributed by atoms with Crippen molar-refractivity contribution in [2.75, 3.05) is 13.2 Å². The van der Waals surface area contributed by atoms with Crippen LogP contribution in [0.4, 0.5) is 0 Å². The molecule has 0 saturated carbocycles. The van der Waals surface area contributed by atoms with Crippen LogP contribution < -0.4 is 0 Å². The number of amides is 2. The Labute approximate surface area is 155 Å². The number of rotatable bonds is 6. The third kappa shape index (κ3) is 3.21. The standard InChI is InChI=1S/C21H18N2O4/c24-19(10-9-14-13-22-18-8-4-3-5-15(14)18)27-12-11-23-20(25)16-6-1-2-7-17(16)21(23)26/h1-8,13,22H,9-12H2. The van der Waals surface area contributed by atoms with E-state index in [0.29, 0.717) is 17.5 Å². The molecule has 0 radical (unpaired) electrons. The minimum Gasteiger partial charge on any atom is -0.464 e. The molecule has 0 atom stereocenters. The molecule has 0 aliphatic carbocycles. The maximum Gasteiger partial charge on any atom is 0.306 e. The van der Waals surface area contributed by atoms with Gasteiger partial charge in [-0.25, -0.2) is 0 Å². The molecule has 0 saturated heterocycles. The van der Waals surface area contributed by atoms with Crippen molar-refractivity contribution in [2.24, 2.45) is 0 Å². The van der Waals surface area contributed by atoms with Crippen molar-refractivity contribution in [2.45, 2.75) is 12.8 Å². The quantitative estimate of drug-likeness (QED) is 0.540. The Morgan fingerprint density at radius 3 is 2.37 bits per heavy atom. The van der Waals surface area contributed by atoms with Gasteiger partial charge in [0.15, 0.2) is 0 Å². The topological polar surface area (TPSA) is 79.5 Å². The van der Waals surface area contributed by atoms with Crippen LogP contribution in [0.5, 0.6) is 0 Å². The molecule has 6 heteroatoms. The molecule has 1 N–H and O–H groups in total. The molecule has 4 rings (SSSR count). The maximum absolute atomic E-state index is 12.2. The van der Waals surface area contributed by atoms with Crippen molar-refractivity contribution in [1.82, 2.24) is 9.88 Å². The minimum absolute atomic E-state index is 0.00180. The number of esters is 1. The van der Waals surface area contributed by atoms with Crippen LogP contribution in [0.3, 0.4) is 0 Å². The number of hydrogen-bond acceptors (Lipinski definition) is 4. The smallest absolute Gasteiger partial charge is 0.306 e. The second kappa shape index (κ2) is 7.07. The number of ether oxygens (including phenoxy) is 1. The fraction of sp³-hybridized carbons (Fsp3) is 0.190. The minimum atomic E-state index is -0.350. The highest BCUT2D eigenvalue weighted by Crippen LogP contribution is 2.22. The Kier molecular flexibility index (Phi) is 4.46. The molecule has 27 heavy (non-hydrogen) atoms. The molecule has 1 aliphatic heterocycles. The summed E-state index contributed by atoms with van der Waals surface area (Å²) in [5, 5.41) is 1.09. The van der Waals surface area contributed by atoms with Gasteiger partial charge in [-0.05, 0) is 30.2 Å². The van der Waals surface area contributed by atoms with Gasteiger partial charge in [0.1, 0.15) is 6.61 Å². The molecule has 2 amide bonds. The number of fused-ring (bicyclic) bond motifs is 2. The zero-order chi connectivity index (χ0) is 18.8. The highest BCUT2D eigenvalue weighted by atomic mass is 16.5. The van der Waals surface area contributed by atoms with E-state index < -0.39 is 0 Å². The highest BCUT2D eigenvalue weighted by molar-refractivity contribution is 6.21. The van der Waals surface area contributed by atoms with Gasteiger partial charge in [-0.3, -0.25) is 19.3 Å². The van der Waals surface area contributed by atoms with Gasteiger partial charge in [-0.1, -0.05) is 30.3 Å². The maximum atomic E-state index is 12.2. The van der Waals surface area contributed by atoms with Crippen LogP contribution in [0, 0.1) is 0 Å². The summed E-state index contributed by atoms with van der Waals surface area (Å²) >= 11 is 0. The third-order valence-electron chi connectivity index (χ3n) is 4.73. The van der Waals surface area contributed by atoms with Gasteiger partial charge in [-0.2, -0.15) is 0 Å². The summed E-state index contributed by atoms with van der Waals surface area (Å²) in [6.45, 7) is 0.0589. The fourth-order valence-corrected chi connectivity index (χ4v) is 3.34. The number of aromatic amines is 1. The van der Waals surface area contributed by atoms with Crippen LogP contribution in [-0.4, -0.2) is 40.8 Å². The number of nitrogens with one attached hydrogen (secondary N) is 1. The first kappa shape index (κ1) is 17.0. The molecule has 2 aromatic carbocycles. The lowest BCUT2D eigenvalue weighted by molar-refractivity contribution is -0.143. The highest BCUT2D eigenvalue weighted by Gasteiger charge is 2.34. The Bertz CT molecular complexity index is 1000. The summed E-state index contributed by atoms with van der Waals surface area (Å²) in [6.07, 6.45) is 2.70. The number of nitrogens with zero attached hydrogens (tertiary/aromatic N) is 1. The number of aryl methyl sites for hydroxylation is 1. The molecule has 136 valence electrons. The number of carbonyl (C=O) groups is 3. The number of benzene rings is 2. The number of para-hydroxylation sites is 1. The number of aromatic nitrogens is 1. The summed E-state index contributed by atoms with van der Waals surface area (Å²) in [7, 11) is 0. The van der Waals surface area contributed by atoms with Gasteiger partial charge in [0.05, 0.1) is 17.7 Å². The lowest BCUT2D eigenvalue weighted by atomic mass is 10.1. The SMILES string of the molecule is O=C(CCc1c[nH]c2ccccc12)OCCN1C(=O)c2ccccc2C1=O. The van der Waals surface area contributed by atoms with E-state index in [2.05, 4.69) is 4.98 Å². The van der Waals surface area contributed by atoms with Crippen LogP contribution >= 0.6 is 0 Å². The molecular formula is C21H18N2O4. The number of H-pyrrole nitrogens is 1. The van der Waals surface area contributed by atoms with Crippen LogP contribution in [-0.2, 0) is 16.0 Å². The second-order valence-corrected chi connectivity index (χ2v) is 6.39. The second-order valence-electron chi connectivity index (χ2n) is 6.39. The summed E-state index contributed by atoms with van der Waals surface area (Å²) in [4.78, 5) is 40.8. The van der Waals surface area contributed by atoms with E-state index in [9.17, 15) is 14.4 Å². The zero-order valence-corrected chi connectivity index (χ0v) is 14.6. The van der Waals surface area contributed by atoms with E-state index in [-0.39, 0.29) is 37.4 Å². The molecule has 3 aromatic rings. The molecule has 1 aromatic heterocycles. The van der Waals surface area contributed by atoms with Gasteiger partial charge in [0.2, 0.25) is 0 Å². The monoisotopic (exact) mass is 362 g/mol. The Balaban J connectivity index is 1.28. The van der Waals surface area contributed by atoms with Crippen LogP contribution in [0.1, 0.15) is 32.7 Å². The van der Waals surface area contributed by atoms with E-state index in [1.807, 2.05) is 30.5 Å². The fourth-order valence-electron chi connectivity index (χ4n) is 3.34. The zero-order valence-electron chi connectivity index (χ0n) is 14.6. The van der Waals surface area contributed by atoms with Gasteiger partial charge >= 0.3 is 5.97 Å². The van der Waals surface area contributed by atoms with Gasteiger partial charge in [-0.15, -0.1) is 0 Å². The molecule has 0 bridgehead atoms. The number of hydrogen-bond donors (Lipinski definition) is 1. The normalized spacial score (nSPS) is 13.3. The summed E-state index contributed by atoms with van der Waals surface area (Å²) in [6, 6.07) is 14.6. The Morgan fingerprint density at radius 2 is 1.63 bits per heavy atom. The van der Waals surface area contributed by atoms with Gasteiger partial charge in [0, 0.05) is 23.5 Å². The molecule has 6 nitrogen and oxygen atoms in total. The number of imide groups is 1. The van der Waals surface area contributed by atoms with E-state index in [0.717, 1.165) is 21.4 Å². The molecule has 2 heterocycles. The van der Waals surface area contributed by atoms with E-state index >= 15 is 0 Å². The Hall–Kier alpha value is -3.41. The van der Waals surface area contributed by atoms with Crippen molar-refractivity contribution in [3.8, 4) is 0 Å². The van der Waals surface area contributed by atoms with Crippen molar-refractivity contribution in [1.29, 1.82) is 0 Å². The largest absolute Gasteiger partial charge is 0.464 e. The van der Waals surface area contributed by atoms with E-state index in [1.54, 1.807) is 24.3 Å². The first-order valence-electron chi connectivity index (χ1n) is 8.81. The third-order valence-corrected chi connectivity index (χ3v) is 4.73. The lowest BCUT2D eigenvalue weighted by Crippen LogP contribution is -2.33.